The second-order valence-electron chi connectivity index (χ2n) is 7.28. The average molecular weight is 417 g/mol. The molecule has 1 aromatic heterocycles. The van der Waals surface area contributed by atoms with Gasteiger partial charge in [0.05, 0.1) is 29.3 Å². The zero-order valence-corrected chi connectivity index (χ0v) is 15.9. The highest BCUT2D eigenvalue weighted by Crippen LogP contribution is 2.39. The molecule has 6 rings (SSSR count). The van der Waals surface area contributed by atoms with E-state index in [9.17, 15) is 5.11 Å². The Morgan fingerprint density at radius 3 is 2.86 bits per heavy atom. The Balaban J connectivity index is 1.30. The smallest absolute Gasteiger partial charge is 0.295 e. The van der Waals surface area contributed by atoms with Crippen LogP contribution in [-0.2, 0) is 9.47 Å². The van der Waals surface area contributed by atoms with Crippen LogP contribution < -0.4 is 14.2 Å². The average Bonchev–Trinajstić information content (AvgIpc) is 3.47. The van der Waals surface area contributed by atoms with E-state index >= 15 is 0 Å². The minimum Gasteiger partial charge on any atom is -0.456 e. The van der Waals surface area contributed by atoms with Gasteiger partial charge in [0, 0.05) is 5.56 Å². The number of nitrogens with zero attached hydrogens (tertiary/aromatic N) is 1. The van der Waals surface area contributed by atoms with E-state index in [1.54, 1.807) is 0 Å². The summed E-state index contributed by atoms with van der Waals surface area (Å²) in [6.45, 7) is 0.815. The number of benzene rings is 2. The second kappa shape index (κ2) is 6.50. The Kier molecular flexibility index (Phi) is 3.89. The van der Waals surface area contributed by atoms with Crippen LogP contribution in [0.1, 0.15) is 0 Å². The van der Waals surface area contributed by atoms with Crippen LogP contribution in [0.5, 0.6) is 17.5 Å². The van der Waals surface area contributed by atoms with E-state index in [0.717, 1.165) is 27.9 Å². The molecule has 2 fully saturated rings. The van der Waals surface area contributed by atoms with Gasteiger partial charge in [0.15, 0.2) is 17.6 Å². The molecule has 2 N–H and O–H groups in total. The maximum Gasteiger partial charge on any atom is 0.295 e. The van der Waals surface area contributed by atoms with Crippen LogP contribution in [0.2, 0.25) is 5.02 Å². The number of ether oxygens (including phenoxy) is 5. The third-order valence-corrected chi connectivity index (χ3v) is 5.79. The molecule has 4 heterocycles. The lowest BCUT2D eigenvalue weighted by atomic mass is 10.0. The van der Waals surface area contributed by atoms with Crippen molar-refractivity contribution in [3.8, 4) is 28.6 Å². The molecule has 0 aliphatic carbocycles. The largest absolute Gasteiger partial charge is 0.456 e. The summed E-state index contributed by atoms with van der Waals surface area (Å²) in [5, 5.41) is 10.4. The van der Waals surface area contributed by atoms with Crippen molar-refractivity contribution < 1.29 is 28.8 Å². The number of aliphatic hydroxyl groups is 1. The van der Waals surface area contributed by atoms with Crippen molar-refractivity contribution in [2.45, 2.75) is 24.4 Å². The maximum absolute atomic E-state index is 9.86. The Morgan fingerprint density at radius 2 is 1.93 bits per heavy atom. The molecule has 3 aromatic rings. The molecular formula is C20H17ClN2O6. The van der Waals surface area contributed by atoms with E-state index in [-0.39, 0.29) is 31.7 Å². The Morgan fingerprint density at radius 1 is 1.07 bits per heavy atom. The number of imidazole rings is 1. The number of H-pyrrole nitrogens is 1. The van der Waals surface area contributed by atoms with Crippen molar-refractivity contribution in [2.75, 3.05) is 20.0 Å². The summed E-state index contributed by atoms with van der Waals surface area (Å²) in [4.78, 5) is 7.68. The van der Waals surface area contributed by atoms with Crippen LogP contribution >= 0.6 is 11.6 Å². The van der Waals surface area contributed by atoms with Gasteiger partial charge in [-0.2, -0.15) is 4.98 Å². The molecule has 150 valence electrons. The lowest BCUT2D eigenvalue weighted by molar-refractivity contribution is 0.00706. The summed E-state index contributed by atoms with van der Waals surface area (Å²) in [5.74, 6) is 1.41. The number of halogens is 1. The van der Waals surface area contributed by atoms with Crippen molar-refractivity contribution in [1.29, 1.82) is 0 Å². The number of fused-ring (bicyclic) bond motifs is 3. The van der Waals surface area contributed by atoms with Gasteiger partial charge in [0.25, 0.3) is 6.01 Å². The molecular weight excluding hydrogens is 400 g/mol. The number of rotatable bonds is 3. The molecule has 4 atom stereocenters. The summed E-state index contributed by atoms with van der Waals surface area (Å²) in [6.07, 6.45) is -1.60. The zero-order valence-electron chi connectivity index (χ0n) is 15.1. The number of hydrogen-bond donors (Lipinski definition) is 2. The molecule has 9 heteroatoms. The molecule has 2 saturated heterocycles. The monoisotopic (exact) mass is 416 g/mol. The van der Waals surface area contributed by atoms with Gasteiger partial charge in [-0.15, -0.1) is 0 Å². The van der Waals surface area contributed by atoms with Gasteiger partial charge < -0.3 is 33.8 Å². The first-order valence-electron chi connectivity index (χ1n) is 9.33. The number of aromatic nitrogens is 2. The minimum absolute atomic E-state index is 0.221. The molecule has 29 heavy (non-hydrogen) atoms. The summed E-state index contributed by atoms with van der Waals surface area (Å²) in [6, 6.07) is 9.78. The van der Waals surface area contributed by atoms with Crippen LogP contribution in [0, 0.1) is 0 Å². The molecule has 8 nitrogen and oxygen atoms in total. The first-order chi connectivity index (χ1) is 14.2. The summed E-state index contributed by atoms with van der Waals surface area (Å²) in [7, 11) is 0. The van der Waals surface area contributed by atoms with E-state index < -0.39 is 6.10 Å². The topological polar surface area (TPSA) is 95.1 Å². The lowest BCUT2D eigenvalue weighted by Crippen LogP contribution is -2.34. The molecule has 0 bridgehead atoms. The Hall–Kier alpha value is -2.52. The molecule has 3 aliphatic rings. The number of hydrogen-bond acceptors (Lipinski definition) is 7. The summed E-state index contributed by atoms with van der Waals surface area (Å²) in [5.41, 5.74) is 3.23. The normalized spacial score (nSPS) is 27.5. The fraction of sp³-hybridized carbons (Fsp3) is 0.350. The van der Waals surface area contributed by atoms with E-state index in [0.29, 0.717) is 23.4 Å². The van der Waals surface area contributed by atoms with Crippen LogP contribution in [0.25, 0.3) is 22.2 Å². The van der Waals surface area contributed by atoms with Crippen molar-refractivity contribution in [2.24, 2.45) is 0 Å². The summed E-state index contributed by atoms with van der Waals surface area (Å²) >= 11 is 6.53. The van der Waals surface area contributed by atoms with Crippen LogP contribution in [0.3, 0.4) is 0 Å². The van der Waals surface area contributed by atoms with Gasteiger partial charge in [-0.05, 0) is 29.8 Å². The van der Waals surface area contributed by atoms with Gasteiger partial charge in [-0.25, -0.2) is 0 Å². The van der Waals surface area contributed by atoms with Crippen LogP contribution in [0.15, 0.2) is 30.3 Å². The van der Waals surface area contributed by atoms with Crippen molar-refractivity contribution in [1.82, 2.24) is 9.97 Å². The Labute approximate surface area is 170 Å². The maximum atomic E-state index is 9.86. The lowest BCUT2D eigenvalue weighted by Gasteiger charge is -2.15. The predicted octanol–water partition coefficient (Wildman–Crippen LogP) is 2.52. The van der Waals surface area contributed by atoms with E-state index in [4.69, 9.17) is 35.3 Å². The minimum atomic E-state index is -0.618. The molecule has 0 spiro atoms. The molecule has 3 aliphatic heterocycles. The second-order valence-corrected chi connectivity index (χ2v) is 7.69. The molecule has 0 saturated carbocycles. The molecule has 2 aromatic carbocycles. The van der Waals surface area contributed by atoms with Crippen molar-refractivity contribution >= 4 is 22.6 Å². The first-order valence-corrected chi connectivity index (χ1v) is 9.71. The van der Waals surface area contributed by atoms with Crippen molar-refractivity contribution in [3.63, 3.8) is 0 Å². The van der Waals surface area contributed by atoms with Crippen LogP contribution in [0.4, 0.5) is 0 Å². The standard InChI is InChI=1S/C20H17ClN2O6/c21-11-5-13-12(4-10(11)9-1-2-15-16(3-9)28-8-27-15)22-20(23-13)29-17-7-26-18-14(24)6-25-19(17)18/h1-5,14,17-19,24H,6-8H2,(H,22,23)/t14-,17-,18-,19-/m1/s1. The number of aliphatic hydroxyl groups excluding tert-OH is 1. The predicted molar refractivity (Wildman–Crippen MR) is 103 cm³/mol. The number of nitrogens with one attached hydrogen (secondary N) is 1. The fourth-order valence-electron chi connectivity index (χ4n) is 4.04. The van der Waals surface area contributed by atoms with Gasteiger partial charge in [-0.1, -0.05) is 17.7 Å². The van der Waals surface area contributed by atoms with E-state index in [2.05, 4.69) is 9.97 Å². The highest BCUT2D eigenvalue weighted by Gasteiger charge is 2.48. The van der Waals surface area contributed by atoms with Gasteiger partial charge in [0.1, 0.15) is 18.3 Å². The number of aromatic amines is 1. The fourth-order valence-corrected chi connectivity index (χ4v) is 4.31. The van der Waals surface area contributed by atoms with Gasteiger partial charge in [0.2, 0.25) is 6.79 Å². The van der Waals surface area contributed by atoms with E-state index in [1.807, 2.05) is 30.3 Å². The molecule has 0 unspecified atom stereocenters. The molecule has 0 radical (unpaired) electrons. The third-order valence-electron chi connectivity index (χ3n) is 5.48. The third kappa shape index (κ3) is 2.83. The first kappa shape index (κ1) is 17.3. The zero-order chi connectivity index (χ0) is 19.5. The van der Waals surface area contributed by atoms with Crippen molar-refractivity contribution in [3.05, 3.63) is 35.4 Å². The van der Waals surface area contributed by atoms with Gasteiger partial charge >= 0.3 is 0 Å². The highest BCUT2D eigenvalue weighted by molar-refractivity contribution is 6.34. The quantitative estimate of drug-likeness (QED) is 0.677. The van der Waals surface area contributed by atoms with Crippen LogP contribution in [-0.4, -0.2) is 59.5 Å². The molecule has 0 amide bonds. The summed E-state index contributed by atoms with van der Waals surface area (Å²) < 4.78 is 28.0. The highest BCUT2D eigenvalue weighted by atomic mass is 35.5. The van der Waals surface area contributed by atoms with Gasteiger partial charge in [-0.3, -0.25) is 0 Å². The Bertz CT molecular complexity index is 1100. The van der Waals surface area contributed by atoms with E-state index in [1.165, 1.54) is 0 Å². The SMILES string of the molecule is O[C@@H]1CO[C@H]2[C@@H]1OC[C@H]2Oc1nc2cc(-c3ccc4c(c3)OCO4)c(Cl)cc2[nH]1.